The molecule has 3 nitrogen and oxygen atoms in total. The van der Waals surface area contributed by atoms with E-state index in [0.29, 0.717) is 5.56 Å². The number of rotatable bonds is 4. The molecule has 1 N–H and O–H groups in total. The van der Waals surface area contributed by atoms with Crippen LogP contribution in [0.1, 0.15) is 36.2 Å². The topological polar surface area (TPSA) is 54.4 Å². The summed E-state index contributed by atoms with van der Waals surface area (Å²) in [7, 11) is 0. The summed E-state index contributed by atoms with van der Waals surface area (Å²) in [5.74, 6) is -1.07. The zero-order valence-electron chi connectivity index (χ0n) is 9.78. The average molecular weight is 220 g/mol. The number of ketones is 1. The highest BCUT2D eigenvalue weighted by molar-refractivity contribution is 6.02. The van der Waals surface area contributed by atoms with Crippen molar-refractivity contribution in [2.24, 2.45) is 5.41 Å². The van der Waals surface area contributed by atoms with Crippen molar-refractivity contribution in [1.29, 1.82) is 0 Å². The van der Waals surface area contributed by atoms with E-state index in [-0.39, 0.29) is 12.2 Å². The fourth-order valence-corrected chi connectivity index (χ4v) is 1.65. The van der Waals surface area contributed by atoms with Crippen LogP contribution in [0.2, 0.25) is 0 Å². The standard InChI is InChI=1S/C13H16O3/c1-9-6-4-5-7-10(9)12(16)13(2,3)8-11(14)15/h4-7H,8H2,1-3H3,(H,14,15). The first-order valence-electron chi connectivity index (χ1n) is 5.17. The lowest BCUT2D eigenvalue weighted by molar-refractivity contribution is -0.138. The second kappa shape index (κ2) is 4.47. The van der Waals surface area contributed by atoms with Crippen molar-refractivity contribution in [1.82, 2.24) is 0 Å². The van der Waals surface area contributed by atoms with Crippen LogP contribution >= 0.6 is 0 Å². The molecular weight excluding hydrogens is 204 g/mol. The molecule has 0 bridgehead atoms. The maximum atomic E-state index is 12.2. The summed E-state index contributed by atoms with van der Waals surface area (Å²) in [6.07, 6.45) is -0.153. The van der Waals surface area contributed by atoms with Gasteiger partial charge in [-0.05, 0) is 12.5 Å². The molecule has 0 unspecified atom stereocenters. The Balaban J connectivity index is 3.02. The largest absolute Gasteiger partial charge is 0.481 e. The van der Waals surface area contributed by atoms with Crippen LogP contribution in [0.5, 0.6) is 0 Å². The number of Topliss-reactive ketones (excluding diaryl/α,β-unsaturated/α-hetero) is 1. The lowest BCUT2D eigenvalue weighted by Gasteiger charge is -2.21. The minimum Gasteiger partial charge on any atom is -0.481 e. The minimum absolute atomic E-state index is 0.118. The van der Waals surface area contributed by atoms with Gasteiger partial charge in [-0.25, -0.2) is 0 Å². The number of carbonyl (C=O) groups is 2. The molecule has 16 heavy (non-hydrogen) atoms. The monoisotopic (exact) mass is 220 g/mol. The van der Waals surface area contributed by atoms with Gasteiger partial charge in [0.05, 0.1) is 6.42 Å². The zero-order chi connectivity index (χ0) is 12.3. The van der Waals surface area contributed by atoms with Crippen LogP contribution in [0.4, 0.5) is 0 Å². The quantitative estimate of drug-likeness (QED) is 0.794. The Morgan fingerprint density at radius 1 is 1.25 bits per heavy atom. The number of benzene rings is 1. The Labute approximate surface area is 95.1 Å². The number of hydrogen-bond acceptors (Lipinski definition) is 2. The first-order valence-corrected chi connectivity index (χ1v) is 5.17. The highest BCUT2D eigenvalue weighted by Crippen LogP contribution is 2.27. The molecule has 0 spiro atoms. The summed E-state index contributed by atoms with van der Waals surface area (Å²) in [6, 6.07) is 7.23. The Morgan fingerprint density at radius 3 is 2.31 bits per heavy atom. The van der Waals surface area contributed by atoms with Gasteiger partial charge in [-0.1, -0.05) is 38.1 Å². The van der Waals surface area contributed by atoms with Crippen molar-refractivity contribution in [2.75, 3.05) is 0 Å². The molecule has 0 heterocycles. The molecular formula is C13H16O3. The lowest BCUT2D eigenvalue weighted by atomic mass is 9.80. The molecule has 0 saturated heterocycles. The first-order chi connectivity index (χ1) is 7.34. The van der Waals surface area contributed by atoms with E-state index < -0.39 is 11.4 Å². The average Bonchev–Trinajstić information content (AvgIpc) is 2.15. The minimum atomic E-state index is -0.952. The van der Waals surface area contributed by atoms with Crippen LogP contribution < -0.4 is 0 Å². The van der Waals surface area contributed by atoms with E-state index in [1.165, 1.54) is 0 Å². The molecule has 0 aromatic heterocycles. The van der Waals surface area contributed by atoms with E-state index in [0.717, 1.165) is 5.56 Å². The van der Waals surface area contributed by atoms with Crippen molar-refractivity contribution in [3.8, 4) is 0 Å². The third-order valence-corrected chi connectivity index (χ3v) is 2.60. The molecule has 86 valence electrons. The fraction of sp³-hybridized carbons (Fsp3) is 0.385. The Hall–Kier alpha value is -1.64. The highest BCUT2D eigenvalue weighted by Gasteiger charge is 2.31. The predicted molar refractivity (Wildman–Crippen MR) is 61.5 cm³/mol. The van der Waals surface area contributed by atoms with Gasteiger partial charge in [-0.2, -0.15) is 0 Å². The smallest absolute Gasteiger partial charge is 0.304 e. The van der Waals surface area contributed by atoms with Gasteiger partial charge in [0.15, 0.2) is 5.78 Å². The van der Waals surface area contributed by atoms with Crippen LogP contribution in [-0.2, 0) is 4.79 Å². The Bertz CT molecular complexity index is 419. The zero-order valence-corrected chi connectivity index (χ0v) is 9.78. The number of aliphatic carboxylic acids is 1. The SMILES string of the molecule is Cc1ccccc1C(=O)C(C)(C)CC(=O)O. The second-order valence-electron chi connectivity index (χ2n) is 4.60. The van der Waals surface area contributed by atoms with Gasteiger partial charge >= 0.3 is 5.97 Å². The van der Waals surface area contributed by atoms with Gasteiger partial charge in [-0.15, -0.1) is 0 Å². The van der Waals surface area contributed by atoms with Crippen molar-refractivity contribution in [3.63, 3.8) is 0 Å². The molecule has 1 rings (SSSR count). The number of aryl methyl sites for hydroxylation is 1. The lowest BCUT2D eigenvalue weighted by Crippen LogP contribution is -2.28. The molecule has 3 heteroatoms. The highest BCUT2D eigenvalue weighted by atomic mass is 16.4. The maximum Gasteiger partial charge on any atom is 0.304 e. The third kappa shape index (κ3) is 2.69. The van der Waals surface area contributed by atoms with E-state index in [9.17, 15) is 9.59 Å². The number of hydrogen-bond donors (Lipinski definition) is 1. The van der Waals surface area contributed by atoms with E-state index in [4.69, 9.17) is 5.11 Å². The Kier molecular flexibility index (Phi) is 3.48. The van der Waals surface area contributed by atoms with E-state index in [2.05, 4.69) is 0 Å². The molecule has 0 saturated carbocycles. The molecule has 0 radical (unpaired) electrons. The van der Waals surface area contributed by atoms with E-state index in [1.54, 1.807) is 26.0 Å². The molecule has 0 atom stereocenters. The number of carbonyl (C=O) groups excluding carboxylic acids is 1. The Morgan fingerprint density at radius 2 is 1.81 bits per heavy atom. The second-order valence-corrected chi connectivity index (χ2v) is 4.60. The van der Waals surface area contributed by atoms with Crippen molar-refractivity contribution >= 4 is 11.8 Å². The van der Waals surface area contributed by atoms with Crippen molar-refractivity contribution in [3.05, 3.63) is 35.4 Å². The van der Waals surface area contributed by atoms with Gasteiger partial charge in [0.1, 0.15) is 0 Å². The van der Waals surface area contributed by atoms with E-state index in [1.807, 2.05) is 19.1 Å². The van der Waals surface area contributed by atoms with Gasteiger partial charge in [0.25, 0.3) is 0 Å². The molecule has 0 amide bonds. The number of carboxylic acid groups (broad SMARTS) is 1. The van der Waals surface area contributed by atoms with Crippen molar-refractivity contribution < 1.29 is 14.7 Å². The normalized spacial score (nSPS) is 11.2. The van der Waals surface area contributed by atoms with Gasteiger partial charge in [0.2, 0.25) is 0 Å². The summed E-state index contributed by atoms with van der Waals surface area (Å²) >= 11 is 0. The van der Waals surface area contributed by atoms with Gasteiger partial charge in [-0.3, -0.25) is 9.59 Å². The summed E-state index contributed by atoms with van der Waals surface area (Å²) in [6.45, 7) is 5.18. The van der Waals surface area contributed by atoms with Crippen LogP contribution in [0.3, 0.4) is 0 Å². The van der Waals surface area contributed by atoms with Gasteiger partial charge < -0.3 is 5.11 Å². The molecule has 1 aromatic rings. The molecule has 0 aliphatic rings. The summed E-state index contributed by atoms with van der Waals surface area (Å²) in [4.78, 5) is 22.8. The van der Waals surface area contributed by atoms with E-state index >= 15 is 0 Å². The third-order valence-electron chi connectivity index (χ3n) is 2.60. The van der Waals surface area contributed by atoms with Crippen LogP contribution in [0.25, 0.3) is 0 Å². The van der Waals surface area contributed by atoms with Crippen LogP contribution in [0, 0.1) is 12.3 Å². The summed E-state index contributed by atoms with van der Waals surface area (Å²) in [5, 5.41) is 8.76. The summed E-state index contributed by atoms with van der Waals surface area (Å²) < 4.78 is 0. The summed E-state index contributed by atoms with van der Waals surface area (Å²) in [5.41, 5.74) is 0.623. The molecule has 0 fully saturated rings. The fourth-order valence-electron chi connectivity index (χ4n) is 1.65. The number of carboxylic acids is 1. The first kappa shape index (κ1) is 12.4. The van der Waals surface area contributed by atoms with Crippen molar-refractivity contribution in [2.45, 2.75) is 27.2 Å². The molecule has 0 aliphatic carbocycles. The molecule has 0 aliphatic heterocycles. The molecule has 1 aromatic carbocycles. The van der Waals surface area contributed by atoms with Gasteiger partial charge in [0, 0.05) is 11.0 Å². The maximum absolute atomic E-state index is 12.2. The van der Waals surface area contributed by atoms with Crippen LogP contribution in [0.15, 0.2) is 24.3 Å². The van der Waals surface area contributed by atoms with Crippen LogP contribution in [-0.4, -0.2) is 16.9 Å². The predicted octanol–water partition coefficient (Wildman–Crippen LogP) is 2.68.